The van der Waals surface area contributed by atoms with Gasteiger partial charge in [0.2, 0.25) is 0 Å². The first kappa shape index (κ1) is 24.7. The summed E-state index contributed by atoms with van der Waals surface area (Å²) >= 11 is 0. The van der Waals surface area contributed by atoms with Gasteiger partial charge < -0.3 is 21.1 Å². The van der Waals surface area contributed by atoms with E-state index in [1.807, 2.05) is 6.92 Å². The lowest BCUT2D eigenvalue weighted by Gasteiger charge is -2.22. The van der Waals surface area contributed by atoms with Crippen molar-refractivity contribution in [3.05, 3.63) is 0 Å². The molecule has 0 aromatic carbocycles. The predicted octanol–water partition coefficient (Wildman–Crippen LogP) is 3.69. The molecule has 0 bridgehead atoms. The van der Waals surface area contributed by atoms with Gasteiger partial charge in [-0.2, -0.15) is 0 Å². The zero-order valence-corrected chi connectivity index (χ0v) is 17.2. The predicted molar refractivity (Wildman–Crippen MR) is 109 cm³/mol. The molecule has 0 aromatic rings. The van der Waals surface area contributed by atoms with Gasteiger partial charge in [-0.1, -0.05) is 58.3 Å². The molecular formula is C20H42N4O2. The Morgan fingerprint density at radius 3 is 2.19 bits per heavy atom. The summed E-state index contributed by atoms with van der Waals surface area (Å²) in [6.45, 7) is 7.21. The molecule has 26 heavy (non-hydrogen) atoms. The first-order chi connectivity index (χ1) is 12.5. The normalized spacial score (nSPS) is 13.2. The number of rotatable bonds is 17. The van der Waals surface area contributed by atoms with Crippen LogP contribution in [0.5, 0.6) is 0 Å². The van der Waals surface area contributed by atoms with Crippen molar-refractivity contribution in [2.45, 2.75) is 103 Å². The molecule has 6 nitrogen and oxygen atoms in total. The molecule has 0 heterocycles. The average Bonchev–Trinajstić information content (AvgIpc) is 2.59. The number of carbonyl (C=O) groups excluding carboxylic acids is 1. The van der Waals surface area contributed by atoms with Gasteiger partial charge in [-0.25, -0.2) is 0 Å². The minimum Gasteiger partial charge on any atom is -0.465 e. The fraction of sp³-hybridized carbons (Fsp3) is 0.900. The maximum atomic E-state index is 12.1. The Balaban J connectivity index is 3.98. The van der Waals surface area contributed by atoms with Crippen LogP contribution in [0.1, 0.15) is 91.4 Å². The van der Waals surface area contributed by atoms with E-state index in [0.29, 0.717) is 25.6 Å². The van der Waals surface area contributed by atoms with Crippen molar-refractivity contribution < 1.29 is 9.53 Å². The van der Waals surface area contributed by atoms with Crippen molar-refractivity contribution in [3.8, 4) is 0 Å². The van der Waals surface area contributed by atoms with Crippen LogP contribution < -0.4 is 16.4 Å². The summed E-state index contributed by atoms with van der Waals surface area (Å²) in [5.41, 5.74) is 5.28. The van der Waals surface area contributed by atoms with Crippen molar-refractivity contribution >= 4 is 11.9 Å². The van der Waals surface area contributed by atoms with Gasteiger partial charge in [0.15, 0.2) is 5.96 Å². The maximum Gasteiger partial charge on any atom is 0.323 e. The van der Waals surface area contributed by atoms with E-state index in [-0.39, 0.29) is 18.0 Å². The van der Waals surface area contributed by atoms with Crippen LogP contribution in [-0.4, -0.2) is 37.2 Å². The van der Waals surface area contributed by atoms with E-state index in [2.05, 4.69) is 24.5 Å². The van der Waals surface area contributed by atoms with Gasteiger partial charge in [0.1, 0.15) is 6.04 Å². The summed E-state index contributed by atoms with van der Waals surface area (Å²) in [7, 11) is 0. The molecule has 0 aliphatic carbocycles. The van der Waals surface area contributed by atoms with E-state index in [9.17, 15) is 4.79 Å². The maximum absolute atomic E-state index is 12.1. The minimum atomic E-state index is -0.284. The quantitative estimate of drug-likeness (QED) is 0.135. The van der Waals surface area contributed by atoms with E-state index in [1.54, 1.807) is 0 Å². The smallest absolute Gasteiger partial charge is 0.323 e. The number of esters is 1. The van der Waals surface area contributed by atoms with Gasteiger partial charge in [0.25, 0.3) is 0 Å². The van der Waals surface area contributed by atoms with Crippen LogP contribution in [0.25, 0.3) is 0 Å². The average molecular weight is 371 g/mol. The van der Waals surface area contributed by atoms with Crippen LogP contribution in [0.15, 0.2) is 0 Å². The summed E-state index contributed by atoms with van der Waals surface area (Å²) in [5.74, 6) is -0.216. The van der Waals surface area contributed by atoms with Gasteiger partial charge in [-0.3, -0.25) is 10.2 Å². The van der Waals surface area contributed by atoms with Gasteiger partial charge in [-0.05, 0) is 33.1 Å². The number of guanidine groups is 1. The fourth-order valence-corrected chi connectivity index (χ4v) is 3.05. The zero-order chi connectivity index (χ0) is 19.6. The van der Waals surface area contributed by atoms with Crippen LogP contribution in [0.4, 0.5) is 0 Å². The second-order valence-electron chi connectivity index (χ2n) is 7.12. The van der Waals surface area contributed by atoms with Gasteiger partial charge in [0, 0.05) is 12.6 Å². The standard InChI is InChI=1S/C20H42N4O2/c1-4-6-7-8-9-10-11-12-14-17(3)24-18(19(25)26-5-2)15-13-16-23-20(21)22/h17-18,24H,4-16H2,1-3H3,(H4,21,22,23)/t17?,18-/m0/s1. The van der Waals surface area contributed by atoms with Crippen molar-refractivity contribution in [1.29, 1.82) is 5.41 Å². The zero-order valence-electron chi connectivity index (χ0n) is 17.2. The molecule has 6 heteroatoms. The molecule has 154 valence electrons. The summed E-state index contributed by atoms with van der Waals surface area (Å²) in [5, 5.41) is 13.4. The molecule has 0 aliphatic rings. The van der Waals surface area contributed by atoms with Gasteiger partial charge in [-0.15, -0.1) is 0 Å². The minimum absolute atomic E-state index is 0.0336. The summed E-state index contributed by atoms with van der Waals surface area (Å²) in [6, 6.07) is 0.0121. The van der Waals surface area contributed by atoms with Crippen molar-refractivity contribution in [3.63, 3.8) is 0 Å². The van der Waals surface area contributed by atoms with Crippen LogP contribution in [0.2, 0.25) is 0 Å². The highest BCUT2D eigenvalue weighted by atomic mass is 16.5. The Bertz CT molecular complexity index is 364. The van der Waals surface area contributed by atoms with Gasteiger partial charge in [0.05, 0.1) is 6.61 Å². The molecule has 5 N–H and O–H groups in total. The highest BCUT2D eigenvalue weighted by Crippen LogP contribution is 2.11. The fourth-order valence-electron chi connectivity index (χ4n) is 3.05. The number of nitrogens with one attached hydrogen (secondary N) is 3. The molecule has 0 fully saturated rings. The lowest BCUT2D eigenvalue weighted by Crippen LogP contribution is -2.43. The second-order valence-corrected chi connectivity index (χ2v) is 7.12. The lowest BCUT2D eigenvalue weighted by atomic mass is 10.0. The number of hydrogen-bond acceptors (Lipinski definition) is 4. The molecule has 1 unspecified atom stereocenters. The molecule has 0 amide bonds. The first-order valence-corrected chi connectivity index (χ1v) is 10.5. The summed E-state index contributed by atoms with van der Waals surface area (Å²) in [4.78, 5) is 12.1. The van der Waals surface area contributed by atoms with Crippen molar-refractivity contribution in [2.75, 3.05) is 13.2 Å². The SMILES string of the molecule is CCCCCCCCCCC(C)N[C@@H](CCCNC(=N)N)C(=O)OCC. The van der Waals surface area contributed by atoms with Crippen LogP contribution >= 0.6 is 0 Å². The van der Waals surface area contributed by atoms with Crippen molar-refractivity contribution in [1.82, 2.24) is 10.6 Å². The highest BCUT2D eigenvalue weighted by molar-refractivity contribution is 5.76. The number of carbonyl (C=O) groups is 1. The number of unbranched alkanes of at least 4 members (excludes halogenated alkanes) is 7. The Morgan fingerprint density at radius 1 is 1.00 bits per heavy atom. The topological polar surface area (TPSA) is 100 Å². The Morgan fingerprint density at radius 2 is 1.62 bits per heavy atom. The molecule has 0 spiro atoms. The van der Waals surface area contributed by atoms with E-state index in [4.69, 9.17) is 15.9 Å². The molecule has 0 saturated carbocycles. The molecule has 0 aliphatic heterocycles. The number of ether oxygens (including phenoxy) is 1. The number of nitrogens with two attached hydrogens (primary N) is 1. The molecule has 0 rings (SSSR count). The Labute approximate surface area is 160 Å². The highest BCUT2D eigenvalue weighted by Gasteiger charge is 2.21. The largest absolute Gasteiger partial charge is 0.465 e. The monoisotopic (exact) mass is 370 g/mol. The van der Waals surface area contributed by atoms with E-state index >= 15 is 0 Å². The van der Waals surface area contributed by atoms with Crippen molar-refractivity contribution in [2.24, 2.45) is 5.73 Å². The van der Waals surface area contributed by atoms with Gasteiger partial charge >= 0.3 is 5.97 Å². The third-order valence-corrected chi connectivity index (χ3v) is 4.53. The van der Waals surface area contributed by atoms with Crippen LogP contribution in [0.3, 0.4) is 0 Å². The molecular weight excluding hydrogens is 328 g/mol. The first-order valence-electron chi connectivity index (χ1n) is 10.5. The van der Waals surface area contributed by atoms with E-state index in [0.717, 1.165) is 12.8 Å². The Hall–Kier alpha value is -1.30. The molecule has 0 saturated heterocycles. The lowest BCUT2D eigenvalue weighted by molar-refractivity contribution is -0.146. The summed E-state index contributed by atoms with van der Waals surface area (Å²) < 4.78 is 5.18. The van der Waals surface area contributed by atoms with Crippen LogP contribution in [-0.2, 0) is 9.53 Å². The Kier molecular flexibility index (Phi) is 16.3. The van der Waals surface area contributed by atoms with Crippen LogP contribution in [0, 0.1) is 5.41 Å². The third kappa shape index (κ3) is 15.0. The molecule has 0 aromatic heterocycles. The third-order valence-electron chi connectivity index (χ3n) is 4.53. The van der Waals surface area contributed by atoms with E-state index < -0.39 is 0 Å². The summed E-state index contributed by atoms with van der Waals surface area (Å²) in [6.07, 6.45) is 13.0. The molecule has 0 radical (unpaired) electrons. The second kappa shape index (κ2) is 17.1. The molecule has 2 atom stereocenters. The van der Waals surface area contributed by atoms with E-state index in [1.165, 1.54) is 51.4 Å². The number of hydrogen-bond donors (Lipinski definition) is 4.